The highest BCUT2D eigenvalue weighted by molar-refractivity contribution is 5.93. The Hall–Kier alpha value is -3.94. The molecule has 3 amide bonds. The highest BCUT2D eigenvalue weighted by Crippen LogP contribution is 2.33. The Morgan fingerprint density at radius 1 is 0.943 bits per heavy atom. The van der Waals surface area contributed by atoms with Crippen LogP contribution >= 0.6 is 0 Å². The average Bonchev–Trinajstić information content (AvgIpc) is 3.48. The van der Waals surface area contributed by atoms with Gasteiger partial charge in [0.25, 0.3) is 0 Å². The number of hydrogen-bond donors (Lipinski definition) is 1. The lowest BCUT2D eigenvalue weighted by atomic mass is 10.2. The second kappa shape index (κ2) is 11.0. The lowest BCUT2D eigenvalue weighted by molar-refractivity contribution is -0.133. The number of benzene rings is 2. The first kappa shape index (κ1) is 24.2. The fraction of sp³-hybridized carbons (Fsp3) is 0.333. The van der Waals surface area contributed by atoms with Gasteiger partial charge in [-0.3, -0.25) is 4.79 Å². The maximum Gasteiger partial charge on any atom is 0.322 e. The summed E-state index contributed by atoms with van der Waals surface area (Å²) in [5, 5.41) is 2.94. The molecule has 4 rings (SSSR count). The van der Waals surface area contributed by atoms with Crippen molar-refractivity contribution in [3.8, 4) is 11.5 Å². The standard InChI is InChI=1S/C27H31N3O5/c1-4-13-29(27(32)28-23-8-6-5-7-19(23)2)17-26(31)30(16-22-11-9-20(3)35-22)15-21-10-12-24-25(14-21)34-18-33-24/h5-12,14H,4,13,15-18H2,1-3H3,(H,28,32). The molecule has 184 valence electrons. The Labute approximate surface area is 205 Å². The summed E-state index contributed by atoms with van der Waals surface area (Å²) in [4.78, 5) is 29.8. The zero-order valence-corrected chi connectivity index (χ0v) is 20.4. The molecule has 3 aromatic rings. The van der Waals surface area contributed by atoms with Crippen molar-refractivity contribution in [3.05, 3.63) is 77.2 Å². The van der Waals surface area contributed by atoms with Gasteiger partial charge in [-0.1, -0.05) is 31.2 Å². The fourth-order valence-electron chi connectivity index (χ4n) is 3.94. The van der Waals surface area contributed by atoms with Crippen molar-refractivity contribution in [1.29, 1.82) is 0 Å². The minimum absolute atomic E-state index is 0.0458. The molecule has 1 aliphatic heterocycles. The zero-order valence-electron chi connectivity index (χ0n) is 20.4. The van der Waals surface area contributed by atoms with E-state index in [1.54, 1.807) is 9.80 Å². The van der Waals surface area contributed by atoms with E-state index < -0.39 is 0 Å². The topological polar surface area (TPSA) is 84.2 Å². The third-order valence-corrected chi connectivity index (χ3v) is 5.80. The van der Waals surface area contributed by atoms with Crippen LogP contribution in [-0.2, 0) is 17.9 Å². The molecule has 0 saturated heterocycles. The number of para-hydroxylation sites is 1. The predicted molar refractivity (Wildman–Crippen MR) is 132 cm³/mol. The van der Waals surface area contributed by atoms with Crippen molar-refractivity contribution < 1.29 is 23.5 Å². The van der Waals surface area contributed by atoms with Crippen molar-refractivity contribution in [2.45, 2.75) is 40.3 Å². The van der Waals surface area contributed by atoms with E-state index in [-0.39, 0.29) is 25.3 Å². The quantitative estimate of drug-likeness (QED) is 0.464. The molecule has 0 radical (unpaired) electrons. The summed E-state index contributed by atoms with van der Waals surface area (Å²) < 4.78 is 16.6. The number of rotatable bonds is 9. The normalized spacial score (nSPS) is 11.9. The van der Waals surface area contributed by atoms with Crippen LogP contribution in [-0.4, -0.2) is 41.6 Å². The Balaban J connectivity index is 1.51. The van der Waals surface area contributed by atoms with E-state index in [0.29, 0.717) is 36.9 Å². The Kier molecular flexibility index (Phi) is 7.60. The first-order chi connectivity index (χ1) is 16.9. The molecule has 0 saturated carbocycles. The lowest BCUT2D eigenvalue weighted by Gasteiger charge is -2.27. The van der Waals surface area contributed by atoms with E-state index in [2.05, 4.69) is 5.32 Å². The van der Waals surface area contributed by atoms with Crippen molar-refractivity contribution >= 4 is 17.6 Å². The third kappa shape index (κ3) is 6.15. The van der Waals surface area contributed by atoms with Crippen LogP contribution < -0.4 is 14.8 Å². The maximum atomic E-state index is 13.5. The van der Waals surface area contributed by atoms with Gasteiger partial charge in [-0.25, -0.2) is 4.79 Å². The highest BCUT2D eigenvalue weighted by atomic mass is 16.7. The fourth-order valence-corrected chi connectivity index (χ4v) is 3.94. The van der Waals surface area contributed by atoms with Gasteiger partial charge in [0.2, 0.25) is 12.7 Å². The minimum atomic E-state index is -0.300. The summed E-state index contributed by atoms with van der Waals surface area (Å²) >= 11 is 0. The summed E-state index contributed by atoms with van der Waals surface area (Å²) in [6.45, 7) is 7.02. The Morgan fingerprint density at radius 2 is 1.74 bits per heavy atom. The Bertz CT molecular complexity index is 1190. The van der Waals surface area contributed by atoms with E-state index in [0.717, 1.165) is 29.0 Å². The van der Waals surface area contributed by atoms with Gasteiger partial charge in [0.1, 0.15) is 18.1 Å². The molecular formula is C27H31N3O5. The van der Waals surface area contributed by atoms with E-state index in [1.165, 1.54) is 0 Å². The van der Waals surface area contributed by atoms with Gasteiger partial charge in [0.05, 0.1) is 6.54 Å². The molecule has 2 aromatic carbocycles. The monoisotopic (exact) mass is 477 g/mol. The first-order valence-electron chi connectivity index (χ1n) is 11.8. The summed E-state index contributed by atoms with van der Waals surface area (Å²) in [5.74, 6) is 2.64. The van der Waals surface area contributed by atoms with Crippen molar-refractivity contribution in [2.75, 3.05) is 25.2 Å². The Morgan fingerprint density at radius 3 is 2.49 bits per heavy atom. The van der Waals surface area contributed by atoms with Gasteiger partial charge >= 0.3 is 6.03 Å². The molecule has 1 aliphatic rings. The number of carbonyl (C=O) groups is 2. The summed E-state index contributed by atoms with van der Waals surface area (Å²) in [6, 6.07) is 16.7. The van der Waals surface area contributed by atoms with Gasteiger partial charge in [0, 0.05) is 18.8 Å². The predicted octanol–water partition coefficient (Wildman–Crippen LogP) is 5.10. The number of amides is 3. The molecule has 8 heteroatoms. The van der Waals surface area contributed by atoms with E-state index in [1.807, 2.05) is 75.4 Å². The second-order valence-electron chi connectivity index (χ2n) is 8.62. The minimum Gasteiger partial charge on any atom is -0.464 e. The molecule has 2 heterocycles. The van der Waals surface area contributed by atoms with Crippen LogP contribution in [0.25, 0.3) is 0 Å². The number of furan rings is 1. The van der Waals surface area contributed by atoms with Crippen molar-refractivity contribution in [2.24, 2.45) is 0 Å². The number of aryl methyl sites for hydroxylation is 2. The average molecular weight is 478 g/mol. The molecule has 1 N–H and O–H groups in total. The molecule has 0 atom stereocenters. The van der Waals surface area contributed by atoms with Crippen molar-refractivity contribution in [1.82, 2.24) is 9.80 Å². The van der Waals surface area contributed by atoms with Gasteiger partial charge in [-0.15, -0.1) is 0 Å². The van der Waals surface area contributed by atoms with Crippen LogP contribution in [0.5, 0.6) is 11.5 Å². The van der Waals surface area contributed by atoms with Crippen LogP contribution in [0.2, 0.25) is 0 Å². The number of anilines is 1. The van der Waals surface area contributed by atoms with Gasteiger partial charge in [-0.05, 0) is 61.7 Å². The summed E-state index contributed by atoms with van der Waals surface area (Å²) in [5.41, 5.74) is 2.59. The van der Waals surface area contributed by atoms with Gasteiger partial charge in [0.15, 0.2) is 11.5 Å². The van der Waals surface area contributed by atoms with E-state index in [9.17, 15) is 9.59 Å². The second-order valence-corrected chi connectivity index (χ2v) is 8.62. The maximum absolute atomic E-state index is 13.5. The van der Waals surface area contributed by atoms with Crippen LogP contribution in [0, 0.1) is 13.8 Å². The molecule has 0 bridgehead atoms. The van der Waals surface area contributed by atoms with Gasteiger partial charge < -0.3 is 29.0 Å². The number of nitrogens with one attached hydrogen (secondary N) is 1. The van der Waals surface area contributed by atoms with E-state index in [4.69, 9.17) is 13.9 Å². The molecule has 0 aliphatic carbocycles. The summed E-state index contributed by atoms with van der Waals surface area (Å²) in [6.07, 6.45) is 0.730. The van der Waals surface area contributed by atoms with Crippen LogP contribution in [0.4, 0.5) is 10.5 Å². The lowest BCUT2D eigenvalue weighted by Crippen LogP contribution is -2.44. The zero-order chi connectivity index (χ0) is 24.8. The molecule has 35 heavy (non-hydrogen) atoms. The van der Waals surface area contributed by atoms with Gasteiger partial charge in [-0.2, -0.15) is 0 Å². The van der Waals surface area contributed by atoms with Crippen LogP contribution in [0.15, 0.2) is 59.0 Å². The number of hydrogen-bond acceptors (Lipinski definition) is 5. The number of fused-ring (bicyclic) bond motifs is 1. The van der Waals surface area contributed by atoms with Crippen molar-refractivity contribution in [3.63, 3.8) is 0 Å². The van der Waals surface area contributed by atoms with Crippen LogP contribution in [0.1, 0.15) is 36.0 Å². The summed E-state index contributed by atoms with van der Waals surface area (Å²) in [7, 11) is 0. The van der Waals surface area contributed by atoms with Crippen LogP contribution in [0.3, 0.4) is 0 Å². The third-order valence-electron chi connectivity index (χ3n) is 5.80. The number of ether oxygens (including phenoxy) is 2. The number of nitrogens with zero attached hydrogens (tertiary/aromatic N) is 2. The smallest absolute Gasteiger partial charge is 0.322 e. The molecule has 0 unspecified atom stereocenters. The molecule has 0 fully saturated rings. The largest absolute Gasteiger partial charge is 0.464 e. The first-order valence-corrected chi connectivity index (χ1v) is 11.8. The molecular weight excluding hydrogens is 446 g/mol. The van der Waals surface area contributed by atoms with E-state index >= 15 is 0 Å². The highest BCUT2D eigenvalue weighted by Gasteiger charge is 2.23. The number of urea groups is 1. The SMILES string of the molecule is CCCN(CC(=O)N(Cc1ccc2c(c1)OCO2)Cc1ccc(C)o1)C(=O)Nc1ccccc1C. The molecule has 8 nitrogen and oxygen atoms in total. The molecule has 1 aromatic heterocycles. The number of carbonyl (C=O) groups excluding carboxylic acids is 2. The molecule has 0 spiro atoms.